The predicted molar refractivity (Wildman–Crippen MR) is 305 cm³/mol. The Hall–Kier alpha value is -7.98. The molecule has 6 fully saturated rings. The Morgan fingerprint density at radius 1 is 0.384 bits per heavy atom. The van der Waals surface area contributed by atoms with Crippen molar-refractivity contribution in [1.82, 2.24) is 9.13 Å². The SMILES string of the molecule is c1ccc(-c2cccc(-n3c4ccccc4c4ccc(-c5ccc6c7ccccc7n(-c7cc(-c8ccc9c(c8)C8(c%10ccccc%10-9)C9CC%10CC%11(C9)CC8C%10%11)c8sc9ccccc9c8c7)c6c5)cc43)c2)cc1. The summed E-state index contributed by atoms with van der Waals surface area (Å²) in [5.41, 5.74) is 21.8. The third-order valence-corrected chi connectivity index (χ3v) is 20.7. The van der Waals surface area contributed by atoms with Gasteiger partial charge in [-0.1, -0.05) is 158 Å². The van der Waals surface area contributed by atoms with Gasteiger partial charge in [0.1, 0.15) is 0 Å². The molecule has 0 N–H and O–H groups in total. The molecule has 2 nitrogen and oxygen atoms in total. The zero-order valence-corrected chi connectivity index (χ0v) is 41.0. The van der Waals surface area contributed by atoms with Crippen molar-refractivity contribution in [2.24, 2.45) is 29.1 Å². The highest BCUT2D eigenvalue weighted by molar-refractivity contribution is 7.26. The topological polar surface area (TPSA) is 9.86 Å². The summed E-state index contributed by atoms with van der Waals surface area (Å²) in [6.45, 7) is 0. The van der Waals surface area contributed by atoms with E-state index < -0.39 is 0 Å². The molecule has 344 valence electrons. The molecule has 13 aromatic rings. The van der Waals surface area contributed by atoms with E-state index in [1.807, 2.05) is 11.3 Å². The number of nitrogens with zero attached hydrogens (tertiary/aromatic N) is 2. The minimum Gasteiger partial charge on any atom is -0.309 e. The molecule has 3 heterocycles. The van der Waals surface area contributed by atoms with Crippen molar-refractivity contribution in [1.29, 1.82) is 0 Å². The molecule has 2 spiro atoms. The van der Waals surface area contributed by atoms with Crippen LogP contribution in [-0.2, 0) is 5.41 Å². The quantitative estimate of drug-likeness (QED) is 0.163. The van der Waals surface area contributed by atoms with Gasteiger partial charge in [-0.3, -0.25) is 0 Å². The second-order valence-corrected chi connectivity index (χ2v) is 23.6. The zero-order valence-electron chi connectivity index (χ0n) is 40.2. The Morgan fingerprint density at radius 3 is 1.77 bits per heavy atom. The molecule has 6 atom stereocenters. The molecule has 20 rings (SSSR count). The van der Waals surface area contributed by atoms with E-state index in [4.69, 9.17) is 0 Å². The molecule has 5 bridgehead atoms. The van der Waals surface area contributed by atoms with E-state index in [0.29, 0.717) is 5.41 Å². The minimum absolute atomic E-state index is 0.134. The van der Waals surface area contributed by atoms with E-state index in [-0.39, 0.29) is 5.41 Å². The van der Waals surface area contributed by atoms with E-state index >= 15 is 0 Å². The average molecular weight is 949 g/mol. The maximum atomic E-state index is 2.70. The van der Waals surface area contributed by atoms with Gasteiger partial charge in [0.05, 0.1) is 22.1 Å². The lowest BCUT2D eigenvalue weighted by molar-refractivity contribution is -0.306. The van der Waals surface area contributed by atoms with E-state index in [0.717, 1.165) is 29.4 Å². The van der Waals surface area contributed by atoms with Gasteiger partial charge in [0.15, 0.2) is 0 Å². The fourth-order valence-corrected chi connectivity index (χ4v) is 18.1. The fourth-order valence-electron chi connectivity index (χ4n) is 16.9. The summed E-state index contributed by atoms with van der Waals surface area (Å²) < 4.78 is 7.75. The van der Waals surface area contributed by atoms with Gasteiger partial charge in [0, 0.05) is 64.1 Å². The Labute approximate surface area is 427 Å². The van der Waals surface area contributed by atoms with E-state index in [1.54, 1.807) is 11.1 Å². The first-order chi connectivity index (χ1) is 36.1. The number of rotatable bonds is 5. The number of para-hydroxylation sites is 2. The average Bonchev–Trinajstić information content (AvgIpc) is 4.17. The van der Waals surface area contributed by atoms with Gasteiger partial charge >= 0.3 is 0 Å². The van der Waals surface area contributed by atoms with Gasteiger partial charge in [-0.2, -0.15) is 0 Å². The van der Waals surface area contributed by atoms with E-state index in [1.165, 1.54) is 140 Å². The first kappa shape index (κ1) is 39.6. The molecule has 0 aliphatic heterocycles. The van der Waals surface area contributed by atoms with Crippen LogP contribution in [0, 0.1) is 29.1 Å². The third-order valence-electron chi connectivity index (χ3n) is 19.5. The number of aromatic nitrogens is 2. The van der Waals surface area contributed by atoms with Crippen molar-refractivity contribution in [2.45, 2.75) is 31.1 Å². The zero-order chi connectivity index (χ0) is 47.3. The molecule has 3 aromatic heterocycles. The molecule has 7 aliphatic rings. The van der Waals surface area contributed by atoms with Crippen LogP contribution in [-0.4, -0.2) is 9.13 Å². The lowest BCUT2D eigenvalue weighted by Gasteiger charge is -2.82. The highest BCUT2D eigenvalue weighted by Gasteiger charge is 2.79. The van der Waals surface area contributed by atoms with Crippen molar-refractivity contribution >= 4 is 75.1 Å². The molecular weight excluding hydrogens is 901 g/mol. The van der Waals surface area contributed by atoms with Crippen LogP contribution in [0.4, 0.5) is 0 Å². The molecule has 0 radical (unpaired) electrons. The second kappa shape index (κ2) is 13.9. The van der Waals surface area contributed by atoms with Crippen molar-refractivity contribution in [3.63, 3.8) is 0 Å². The standard InChI is InChI=1S/C70H48N2S/c1-2-13-41(14-3-1)42-15-12-16-48(32-42)71-62-22-9-5-18-52(62)54-29-25-43(34-64(54)71)44-26-30-55-53-19-6-10-23-63(53)72(65(55)35-44)49-36-57(68-58(37-49)56-20-7-11-24-66(56)73-68)45-27-28-51-50-17-4-8-21-59(50)70(60(51)33-45)47-31-46-38-69(39-47)40-61(70)67(46)69/h1-30,32-37,46-47,61,67H,31,38-40H2. The summed E-state index contributed by atoms with van der Waals surface area (Å²) in [5.74, 6) is 3.39. The number of benzene rings is 10. The maximum absolute atomic E-state index is 2.70. The van der Waals surface area contributed by atoms with Crippen LogP contribution in [0.1, 0.15) is 36.8 Å². The molecule has 3 heteroatoms. The summed E-state index contributed by atoms with van der Waals surface area (Å²) in [6, 6.07) is 83.3. The molecule has 0 amide bonds. The van der Waals surface area contributed by atoms with E-state index in [2.05, 4.69) is 228 Å². The van der Waals surface area contributed by atoms with Gasteiger partial charge in [-0.05, 0) is 166 Å². The summed E-state index contributed by atoms with van der Waals surface area (Å²) in [7, 11) is 0. The van der Waals surface area contributed by atoms with Crippen molar-refractivity contribution in [3.05, 3.63) is 230 Å². The molecule has 10 aromatic carbocycles. The number of hydrogen-bond acceptors (Lipinski definition) is 1. The number of fused-ring (bicyclic) bond motifs is 12. The summed E-state index contributed by atoms with van der Waals surface area (Å²) in [6.07, 6.45) is 5.76. The van der Waals surface area contributed by atoms with Crippen LogP contribution in [0.15, 0.2) is 218 Å². The van der Waals surface area contributed by atoms with Gasteiger partial charge in [-0.25, -0.2) is 0 Å². The third kappa shape index (κ3) is 5.00. The minimum atomic E-state index is 0.134. The van der Waals surface area contributed by atoms with E-state index in [9.17, 15) is 0 Å². The molecular formula is C70H48N2S. The first-order valence-electron chi connectivity index (χ1n) is 26.5. The molecule has 73 heavy (non-hydrogen) atoms. The van der Waals surface area contributed by atoms with Crippen molar-refractivity contribution in [3.8, 4) is 55.9 Å². The van der Waals surface area contributed by atoms with Gasteiger partial charge in [0.2, 0.25) is 0 Å². The Morgan fingerprint density at radius 2 is 1.01 bits per heavy atom. The second-order valence-electron chi connectivity index (χ2n) is 22.5. The van der Waals surface area contributed by atoms with Crippen LogP contribution in [0.25, 0.3) is 120 Å². The number of hydrogen-bond donors (Lipinski definition) is 0. The lowest BCUT2D eigenvalue weighted by atomic mass is 9.22. The predicted octanol–water partition coefficient (Wildman–Crippen LogP) is 18.6. The monoisotopic (exact) mass is 948 g/mol. The lowest BCUT2D eigenvalue weighted by Crippen LogP contribution is -2.77. The maximum Gasteiger partial charge on any atom is 0.0547 e. The molecule has 6 saturated carbocycles. The fraction of sp³-hybridized carbons (Fsp3) is 0.143. The van der Waals surface area contributed by atoms with Crippen LogP contribution >= 0.6 is 11.3 Å². The summed E-state index contributed by atoms with van der Waals surface area (Å²) >= 11 is 1.96. The normalized spacial score (nSPS) is 23.0. The van der Waals surface area contributed by atoms with Crippen LogP contribution in [0.5, 0.6) is 0 Å². The van der Waals surface area contributed by atoms with Gasteiger partial charge < -0.3 is 9.13 Å². The van der Waals surface area contributed by atoms with Crippen LogP contribution in [0.2, 0.25) is 0 Å². The highest BCUT2D eigenvalue weighted by atomic mass is 32.1. The largest absolute Gasteiger partial charge is 0.309 e. The molecule has 0 saturated heterocycles. The molecule has 6 unspecified atom stereocenters. The van der Waals surface area contributed by atoms with Crippen LogP contribution in [0.3, 0.4) is 0 Å². The first-order valence-corrected chi connectivity index (χ1v) is 27.4. The van der Waals surface area contributed by atoms with Gasteiger partial charge in [-0.15, -0.1) is 11.3 Å². The number of thiophene rings is 1. The molecule has 7 aliphatic carbocycles. The Balaban J connectivity index is 0.840. The van der Waals surface area contributed by atoms with Crippen molar-refractivity contribution < 1.29 is 0 Å². The summed E-state index contributed by atoms with van der Waals surface area (Å²) in [4.78, 5) is 0. The summed E-state index contributed by atoms with van der Waals surface area (Å²) in [5, 5.41) is 7.73. The van der Waals surface area contributed by atoms with Crippen molar-refractivity contribution in [2.75, 3.05) is 0 Å². The Bertz CT molecular complexity index is 4560. The smallest absolute Gasteiger partial charge is 0.0547 e. The van der Waals surface area contributed by atoms with Crippen LogP contribution < -0.4 is 0 Å². The highest BCUT2D eigenvalue weighted by Crippen LogP contribution is 2.86. The van der Waals surface area contributed by atoms with Gasteiger partial charge in [0.25, 0.3) is 0 Å². The Kier molecular flexibility index (Phi) is 7.57.